The van der Waals surface area contributed by atoms with E-state index < -0.39 is 42.2 Å². The minimum atomic E-state index is -1.46. The van der Waals surface area contributed by atoms with Gasteiger partial charge in [-0.05, 0) is 75.6 Å². The average molecular weight is 672 g/mol. The number of carboxylic acids is 1. The van der Waals surface area contributed by atoms with Crippen LogP contribution in [0.5, 0.6) is 11.5 Å². The lowest BCUT2D eigenvalue weighted by Crippen LogP contribution is -2.43. The third-order valence-electron chi connectivity index (χ3n) is 6.82. The third kappa shape index (κ3) is 16.7. The van der Waals surface area contributed by atoms with E-state index in [0.29, 0.717) is 12.8 Å². The van der Waals surface area contributed by atoms with Crippen molar-refractivity contribution >= 4 is 29.8 Å². The fourth-order valence-corrected chi connectivity index (χ4v) is 4.26. The highest BCUT2D eigenvalue weighted by atomic mass is 16.6. The number of carboxylic acid groups (broad SMARTS) is 1. The molecule has 1 amide bonds. The van der Waals surface area contributed by atoms with E-state index >= 15 is 0 Å². The Balaban J connectivity index is 1.81. The lowest BCUT2D eigenvalue weighted by molar-refractivity contribution is -0.161. The summed E-state index contributed by atoms with van der Waals surface area (Å²) < 4.78 is 10.3. The van der Waals surface area contributed by atoms with Gasteiger partial charge in [-0.15, -0.1) is 0 Å². The second kappa shape index (κ2) is 23.8. The van der Waals surface area contributed by atoms with E-state index in [1.807, 2.05) is 12.2 Å². The molecule has 0 heterocycles. The number of nitrogens with one attached hydrogen (secondary N) is 1. The van der Waals surface area contributed by atoms with Gasteiger partial charge in [0.2, 0.25) is 0 Å². The van der Waals surface area contributed by atoms with Crippen molar-refractivity contribution in [2.24, 2.45) is 0 Å². The van der Waals surface area contributed by atoms with E-state index in [2.05, 4.69) is 60.8 Å². The SMILES string of the molecule is CCC=CCC=CCC=CCC=CCC=CCCCC(=O)OC(=O)C(CCC(=O)O)NC(=O)c1ccccc1OC(=O)c1ccccc1O. The first kappa shape index (κ1) is 39.7. The van der Waals surface area contributed by atoms with Crippen LogP contribution in [0.1, 0.15) is 91.8 Å². The molecule has 0 aliphatic heterocycles. The number of carbonyl (C=O) groups is 5. The number of benzene rings is 2. The largest absolute Gasteiger partial charge is 0.507 e. The zero-order valence-corrected chi connectivity index (χ0v) is 27.8. The quantitative estimate of drug-likeness (QED) is 0.0400. The number of esters is 3. The maximum Gasteiger partial charge on any atom is 0.347 e. The molecule has 0 bridgehead atoms. The Morgan fingerprint density at radius 2 is 1.29 bits per heavy atom. The van der Waals surface area contributed by atoms with Gasteiger partial charge in [-0.3, -0.25) is 14.4 Å². The number of hydrogen-bond acceptors (Lipinski definition) is 8. The number of phenolic OH excluding ortho intramolecular Hbond substituents is 1. The molecule has 49 heavy (non-hydrogen) atoms. The van der Waals surface area contributed by atoms with Gasteiger partial charge in [-0.1, -0.05) is 91.9 Å². The van der Waals surface area contributed by atoms with Gasteiger partial charge in [-0.25, -0.2) is 9.59 Å². The molecule has 3 N–H and O–H groups in total. The summed E-state index contributed by atoms with van der Waals surface area (Å²) in [6, 6.07) is 9.94. The Labute approximate surface area is 287 Å². The highest BCUT2D eigenvalue weighted by molar-refractivity contribution is 6.01. The van der Waals surface area contributed by atoms with Crippen molar-refractivity contribution in [2.45, 2.75) is 77.2 Å². The van der Waals surface area contributed by atoms with Crippen molar-refractivity contribution in [1.82, 2.24) is 5.32 Å². The predicted molar refractivity (Wildman–Crippen MR) is 187 cm³/mol. The summed E-state index contributed by atoms with van der Waals surface area (Å²) in [6.45, 7) is 2.12. The van der Waals surface area contributed by atoms with Gasteiger partial charge in [0.1, 0.15) is 23.1 Å². The molecule has 1 atom stereocenters. The number of amides is 1. The van der Waals surface area contributed by atoms with Crippen LogP contribution in [0.2, 0.25) is 0 Å². The van der Waals surface area contributed by atoms with Gasteiger partial charge in [0.25, 0.3) is 5.91 Å². The summed E-state index contributed by atoms with van der Waals surface area (Å²) in [5, 5.41) is 21.5. The molecule has 2 aromatic rings. The molecule has 10 heteroatoms. The molecule has 1 unspecified atom stereocenters. The number of aliphatic carboxylic acids is 1. The van der Waals surface area contributed by atoms with E-state index in [9.17, 15) is 29.1 Å². The van der Waals surface area contributed by atoms with Crippen molar-refractivity contribution in [2.75, 3.05) is 0 Å². The Kier molecular flexibility index (Phi) is 19.2. The van der Waals surface area contributed by atoms with Crippen LogP contribution in [0.25, 0.3) is 0 Å². The summed E-state index contributed by atoms with van der Waals surface area (Å²) in [6.07, 6.45) is 25.6. The molecule has 0 aromatic heterocycles. The zero-order valence-electron chi connectivity index (χ0n) is 27.8. The number of allylic oxidation sites excluding steroid dienone is 10. The van der Waals surface area contributed by atoms with Crippen LogP contribution in [0, 0.1) is 0 Å². The molecule has 0 fully saturated rings. The van der Waals surface area contributed by atoms with Crippen molar-refractivity contribution in [3.8, 4) is 11.5 Å². The van der Waals surface area contributed by atoms with E-state index in [1.165, 1.54) is 48.5 Å². The first-order valence-electron chi connectivity index (χ1n) is 16.3. The number of para-hydroxylation sites is 2. The molecular weight excluding hydrogens is 626 g/mol. The number of carbonyl (C=O) groups excluding carboxylic acids is 4. The van der Waals surface area contributed by atoms with Crippen LogP contribution in [-0.4, -0.2) is 46.0 Å². The Morgan fingerprint density at radius 1 is 0.735 bits per heavy atom. The smallest absolute Gasteiger partial charge is 0.347 e. The Hall–Kier alpha value is -5.51. The first-order chi connectivity index (χ1) is 23.7. The monoisotopic (exact) mass is 671 g/mol. The minimum absolute atomic E-state index is 0.0508. The minimum Gasteiger partial charge on any atom is -0.507 e. The lowest BCUT2D eigenvalue weighted by Gasteiger charge is -2.17. The van der Waals surface area contributed by atoms with Crippen LogP contribution in [-0.2, 0) is 19.1 Å². The number of rotatable bonds is 21. The molecule has 0 saturated carbocycles. The van der Waals surface area contributed by atoms with Crippen molar-refractivity contribution < 1.29 is 43.7 Å². The number of hydrogen-bond donors (Lipinski definition) is 3. The van der Waals surface area contributed by atoms with Gasteiger partial charge in [0.05, 0.1) is 5.56 Å². The number of phenols is 1. The molecule has 2 rings (SSSR count). The fourth-order valence-electron chi connectivity index (χ4n) is 4.26. The van der Waals surface area contributed by atoms with Crippen LogP contribution >= 0.6 is 0 Å². The standard InChI is InChI=1S/C39H45NO9/c1-2-3-4-5-6-7-8-9-10-11-12-13-14-15-16-17-18-27-36(44)49-39(47)32(28-29-35(42)43)40-37(45)31-24-20-22-26-34(31)48-38(46)30-23-19-21-25-33(30)41/h3-4,6-7,9-10,12-13,15-16,19-26,32,41H,2,5,8,11,14,17-18,27-29H2,1H3,(H,40,45)(H,42,43). The number of unbranched alkanes of at least 4 members (excludes halogenated alkanes) is 1. The van der Waals surface area contributed by atoms with Gasteiger partial charge < -0.3 is 25.0 Å². The molecule has 0 aliphatic carbocycles. The maximum atomic E-state index is 13.1. The fraction of sp³-hybridized carbons (Fsp3) is 0.308. The van der Waals surface area contributed by atoms with Crippen molar-refractivity contribution in [1.29, 1.82) is 0 Å². The second-order valence-corrected chi connectivity index (χ2v) is 10.8. The van der Waals surface area contributed by atoms with E-state index in [0.717, 1.165) is 32.1 Å². The van der Waals surface area contributed by atoms with Crippen LogP contribution in [0.3, 0.4) is 0 Å². The summed E-state index contributed by atoms with van der Waals surface area (Å²) in [4.78, 5) is 62.1. The van der Waals surface area contributed by atoms with Crippen molar-refractivity contribution in [3.63, 3.8) is 0 Å². The van der Waals surface area contributed by atoms with Crippen LogP contribution in [0.15, 0.2) is 109 Å². The van der Waals surface area contributed by atoms with Gasteiger partial charge in [0, 0.05) is 12.8 Å². The molecule has 0 aliphatic rings. The summed E-state index contributed by atoms with van der Waals surface area (Å²) in [7, 11) is 0. The molecule has 0 spiro atoms. The maximum absolute atomic E-state index is 13.1. The molecule has 0 saturated heterocycles. The van der Waals surface area contributed by atoms with Gasteiger partial charge >= 0.3 is 23.9 Å². The Morgan fingerprint density at radius 3 is 1.88 bits per heavy atom. The van der Waals surface area contributed by atoms with E-state index in [1.54, 1.807) is 0 Å². The van der Waals surface area contributed by atoms with Crippen LogP contribution < -0.4 is 10.1 Å². The lowest BCUT2D eigenvalue weighted by atomic mass is 10.1. The molecule has 0 radical (unpaired) electrons. The van der Waals surface area contributed by atoms with E-state index in [-0.39, 0.29) is 35.5 Å². The summed E-state index contributed by atoms with van der Waals surface area (Å²) in [5.74, 6) is -5.37. The molecule has 260 valence electrons. The number of ether oxygens (including phenoxy) is 2. The topological polar surface area (TPSA) is 156 Å². The van der Waals surface area contributed by atoms with Gasteiger partial charge in [0.15, 0.2) is 0 Å². The van der Waals surface area contributed by atoms with Crippen molar-refractivity contribution in [3.05, 3.63) is 120 Å². The van der Waals surface area contributed by atoms with Gasteiger partial charge in [-0.2, -0.15) is 0 Å². The zero-order chi connectivity index (χ0) is 35.7. The highest BCUT2D eigenvalue weighted by Gasteiger charge is 2.27. The Bertz CT molecular complexity index is 1530. The summed E-state index contributed by atoms with van der Waals surface area (Å²) >= 11 is 0. The molecule has 2 aromatic carbocycles. The second-order valence-electron chi connectivity index (χ2n) is 10.8. The van der Waals surface area contributed by atoms with E-state index in [4.69, 9.17) is 14.6 Å². The molecule has 10 nitrogen and oxygen atoms in total. The van der Waals surface area contributed by atoms with Crippen LogP contribution in [0.4, 0.5) is 0 Å². The first-order valence-corrected chi connectivity index (χ1v) is 16.3. The predicted octanol–water partition coefficient (Wildman–Crippen LogP) is 7.57. The third-order valence-corrected chi connectivity index (χ3v) is 6.82. The summed E-state index contributed by atoms with van der Waals surface area (Å²) in [5.41, 5.74) is -0.261. The molecular formula is C39H45NO9. The highest BCUT2D eigenvalue weighted by Crippen LogP contribution is 2.23. The number of aromatic hydroxyl groups is 1. The normalized spacial score (nSPS) is 12.3. The average Bonchev–Trinajstić information content (AvgIpc) is 3.08.